The summed E-state index contributed by atoms with van der Waals surface area (Å²) in [6.07, 6.45) is 0. The number of nitrogens with one attached hydrogen (secondary N) is 1. The SMILES string of the molecule is CCOC(=O)c1c(C)[nH]c(-c2csc(-c3cccs3)n2)c1C. The Balaban J connectivity index is 1.99. The van der Waals surface area contributed by atoms with Crippen molar-refractivity contribution in [1.82, 2.24) is 9.97 Å². The van der Waals surface area contributed by atoms with Gasteiger partial charge in [-0.2, -0.15) is 0 Å². The molecule has 0 unspecified atom stereocenters. The number of aromatic amines is 1. The van der Waals surface area contributed by atoms with Crippen LogP contribution in [0.3, 0.4) is 0 Å². The second kappa shape index (κ2) is 6.06. The van der Waals surface area contributed by atoms with Gasteiger partial charge in [-0.25, -0.2) is 9.78 Å². The highest BCUT2D eigenvalue weighted by Crippen LogP contribution is 2.33. The van der Waals surface area contributed by atoms with Crippen molar-refractivity contribution in [3.05, 3.63) is 39.7 Å². The van der Waals surface area contributed by atoms with Crippen LogP contribution < -0.4 is 0 Å². The van der Waals surface area contributed by atoms with E-state index in [-0.39, 0.29) is 5.97 Å². The quantitative estimate of drug-likeness (QED) is 0.707. The van der Waals surface area contributed by atoms with E-state index in [1.54, 1.807) is 22.7 Å². The molecule has 0 aromatic carbocycles. The number of rotatable bonds is 4. The van der Waals surface area contributed by atoms with E-state index in [4.69, 9.17) is 4.74 Å². The van der Waals surface area contributed by atoms with Gasteiger partial charge in [-0.1, -0.05) is 6.07 Å². The number of H-pyrrole nitrogens is 1. The molecule has 0 spiro atoms. The van der Waals surface area contributed by atoms with Crippen molar-refractivity contribution >= 4 is 28.6 Å². The standard InChI is InChI=1S/C16H16N2O2S2/c1-4-20-16(19)13-9(2)14(17-10(13)3)11-8-22-15(18-11)12-6-5-7-21-12/h5-8,17H,4H2,1-3H3. The van der Waals surface area contributed by atoms with Crippen molar-refractivity contribution in [1.29, 1.82) is 0 Å². The molecule has 3 aromatic rings. The van der Waals surface area contributed by atoms with Crippen LogP contribution in [0.2, 0.25) is 0 Å². The van der Waals surface area contributed by atoms with Gasteiger partial charge < -0.3 is 9.72 Å². The minimum atomic E-state index is -0.284. The van der Waals surface area contributed by atoms with Crippen molar-refractivity contribution in [2.24, 2.45) is 0 Å². The maximum Gasteiger partial charge on any atom is 0.340 e. The van der Waals surface area contributed by atoms with Gasteiger partial charge in [0.1, 0.15) is 5.01 Å². The van der Waals surface area contributed by atoms with Crippen molar-refractivity contribution in [2.75, 3.05) is 6.61 Å². The van der Waals surface area contributed by atoms with Crippen LogP contribution in [0.25, 0.3) is 21.3 Å². The molecule has 114 valence electrons. The van der Waals surface area contributed by atoms with Crippen LogP contribution in [0.5, 0.6) is 0 Å². The zero-order valence-electron chi connectivity index (χ0n) is 12.6. The number of aromatic nitrogens is 2. The number of hydrogen-bond acceptors (Lipinski definition) is 5. The van der Waals surface area contributed by atoms with E-state index in [1.807, 2.05) is 37.6 Å². The lowest BCUT2D eigenvalue weighted by Crippen LogP contribution is -2.06. The Morgan fingerprint density at radius 1 is 1.36 bits per heavy atom. The highest BCUT2D eigenvalue weighted by molar-refractivity contribution is 7.20. The van der Waals surface area contributed by atoms with Crippen LogP contribution in [0, 0.1) is 13.8 Å². The highest BCUT2D eigenvalue weighted by Gasteiger charge is 2.21. The molecule has 3 aromatic heterocycles. The number of ether oxygens (including phenoxy) is 1. The zero-order chi connectivity index (χ0) is 15.7. The molecule has 3 rings (SSSR count). The summed E-state index contributed by atoms with van der Waals surface area (Å²) in [5.41, 5.74) is 4.07. The molecule has 3 heterocycles. The Bertz CT molecular complexity index is 800. The smallest absolute Gasteiger partial charge is 0.340 e. The summed E-state index contributed by atoms with van der Waals surface area (Å²) < 4.78 is 5.13. The van der Waals surface area contributed by atoms with Crippen LogP contribution in [-0.2, 0) is 4.74 Å². The maximum absolute atomic E-state index is 12.1. The fourth-order valence-electron chi connectivity index (χ4n) is 2.42. The third kappa shape index (κ3) is 2.60. The molecule has 0 aliphatic heterocycles. The van der Waals surface area contributed by atoms with Gasteiger partial charge in [0.25, 0.3) is 0 Å². The first kappa shape index (κ1) is 15.0. The summed E-state index contributed by atoms with van der Waals surface area (Å²) in [6.45, 7) is 5.99. The van der Waals surface area contributed by atoms with E-state index in [0.717, 1.165) is 32.5 Å². The summed E-state index contributed by atoms with van der Waals surface area (Å²) >= 11 is 3.28. The summed E-state index contributed by atoms with van der Waals surface area (Å²) in [5, 5.41) is 5.05. The molecule has 0 atom stereocenters. The van der Waals surface area contributed by atoms with Gasteiger partial charge in [-0.3, -0.25) is 0 Å². The Hall–Kier alpha value is -1.92. The van der Waals surface area contributed by atoms with E-state index in [2.05, 4.69) is 16.0 Å². The normalized spacial score (nSPS) is 10.9. The number of thiophene rings is 1. The van der Waals surface area contributed by atoms with Crippen LogP contribution >= 0.6 is 22.7 Å². The molecule has 0 amide bonds. The van der Waals surface area contributed by atoms with Crippen molar-refractivity contribution in [3.8, 4) is 21.3 Å². The minimum absolute atomic E-state index is 0.284. The molecule has 4 nitrogen and oxygen atoms in total. The molecular weight excluding hydrogens is 316 g/mol. The zero-order valence-corrected chi connectivity index (χ0v) is 14.2. The van der Waals surface area contributed by atoms with Gasteiger partial charge in [0, 0.05) is 11.1 Å². The number of hydrogen-bond donors (Lipinski definition) is 1. The number of thiazole rings is 1. The largest absolute Gasteiger partial charge is 0.462 e. The predicted octanol–water partition coefficient (Wildman–Crippen LogP) is 4.66. The lowest BCUT2D eigenvalue weighted by atomic mass is 10.1. The molecule has 6 heteroatoms. The Labute approximate surface area is 136 Å². The number of aryl methyl sites for hydroxylation is 1. The molecule has 0 saturated carbocycles. The van der Waals surface area contributed by atoms with Gasteiger partial charge in [0.15, 0.2) is 0 Å². The van der Waals surface area contributed by atoms with Crippen LogP contribution in [-0.4, -0.2) is 22.5 Å². The summed E-state index contributed by atoms with van der Waals surface area (Å²) in [6, 6.07) is 4.08. The Morgan fingerprint density at radius 3 is 2.86 bits per heavy atom. The van der Waals surface area contributed by atoms with Crippen LogP contribution in [0.15, 0.2) is 22.9 Å². The Morgan fingerprint density at radius 2 is 2.18 bits per heavy atom. The van der Waals surface area contributed by atoms with E-state index in [1.165, 1.54) is 0 Å². The van der Waals surface area contributed by atoms with E-state index < -0.39 is 0 Å². The minimum Gasteiger partial charge on any atom is -0.462 e. The molecule has 0 aliphatic rings. The molecular formula is C16H16N2O2S2. The topological polar surface area (TPSA) is 55.0 Å². The average Bonchev–Trinajstić information content (AvgIpc) is 3.18. The third-order valence-electron chi connectivity index (χ3n) is 3.41. The monoisotopic (exact) mass is 332 g/mol. The third-order valence-corrected chi connectivity index (χ3v) is 5.29. The van der Waals surface area contributed by atoms with E-state index >= 15 is 0 Å². The first-order chi connectivity index (χ1) is 10.6. The van der Waals surface area contributed by atoms with Gasteiger partial charge in [0.2, 0.25) is 0 Å². The van der Waals surface area contributed by atoms with Gasteiger partial charge in [0.05, 0.1) is 28.4 Å². The first-order valence-corrected chi connectivity index (χ1v) is 8.73. The molecule has 0 fully saturated rings. The molecule has 0 bridgehead atoms. The number of nitrogens with zero attached hydrogens (tertiary/aromatic N) is 1. The van der Waals surface area contributed by atoms with Crippen LogP contribution in [0.4, 0.5) is 0 Å². The fraction of sp³-hybridized carbons (Fsp3) is 0.250. The summed E-state index contributed by atoms with van der Waals surface area (Å²) in [4.78, 5) is 21.2. The van der Waals surface area contributed by atoms with E-state index in [0.29, 0.717) is 12.2 Å². The van der Waals surface area contributed by atoms with E-state index in [9.17, 15) is 4.79 Å². The first-order valence-electron chi connectivity index (χ1n) is 6.97. The molecule has 0 aliphatic carbocycles. The van der Waals surface area contributed by atoms with Crippen molar-refractivity contribution in [3.63, 3.8) is 0 Å². The summed E-state index contributed by atoms with van der Waals surface area (Å²) in [5.74, 6) is -0.284. The van der Waals surface area contributed by atoms with Gasteiger partial charge >= 0.3 is 5.97 Å². The number of carbonyl (C=O) groups excluding carboxylic acids is 1. The van der Waals surface area contributed by atoms with Crippen molar-refractivity contribution in [2.45, 2.75) is 20.8 Å². The number of esters is 1. The fourth-order valence-corrected chi connectivity index (χ4v) is 4.04. The molecule has 22 heavy (non-hydrogen) atoms. The number of carbonyl (C=O) groups is 1. The second-order valence-electron chi connectivity index (χ2n) is 4.86. The average molecular weight is 332 g/mol. The highest BCUT2D eigenvalue weighted by atomic mass is 32.1. The Kier molecular flexibility index (Phi) is 4.13. The summed E-state index contributed by atoms with van der Waals surface area (Å²) in [7, 11) is 0. The molecule has 1 N–H and O–H groups in total. The van der Waals surface area contributed by atoms with Gasteiger partial charge in [-0.15, -0.1) is 22.7 Å². The lowest BCUT2D eigenvalue weighted by Gasteiger charge is -2.02. The maximum atomic E-state index is 12.1. The van der Waals surface area contributed by atoms with Crippen LogP contribution in [0.1, 0.15) is 28.5 Å². The predicted molar refractivity (Wildman–Crippen MR) is 90.6 cm³/mol. The molecule has 0 saturated heterocycles. The van der Waals surface area contributed by atoms with Gasteiger partial charge in [-0.05, 0) is 37.8 Å². The van der Waals surface area contributed by atoms with Crippen molar-refractivity contribution < 1.29 is 9.53 Å². The molecule has 0 radical (unpaired) electrons. The lowest BCUT2D eigenvalue weighted by molar-refractivity contribution is 0.0525. The second-order valence-corrected chi connectivity index (χ2v) is 6.67.